The molecule has 0 aliphatic rings. The number of halogens is 1. The number of sulfone groups is 1. The Balaban J connectivity index is 3.02. The molecule has 1 heterocycles. The van der Waals surface area contributed by atoms with Gasteiger partial charge in [0, 0.05) is 19.0 Å². The maximum atomic E-state index is 11.2. The van der Waals surface area contributed by atoms with Crippen molar-refractivity contribution in [2.75, 3.05) is 12.0 Å². The Labute approximate surface area is 94.0 Å². The fraction of sp³-hybridized carbons (Fsp3) is 0.429. The van der Waals surface area contributed by atoms with Crippen LogP contribution in [0.5, 0.6) is 0 Å². The third-order valence-corrected chi connectivity index (χ3v) is 3.16. The number of H-pyrrole nitrogens is 1. The molecule has 0 unspecified atom stereocenters. The molecule has 1 rings (SSSR count). The lowest BCUT2D eigenvalue weighted by Crippen LogP contribution is -2.31. The molecule has 8 heteroatoms. The van der Waals surface area contributed by atoms with Crippen LogP contribution in [0.15, 0.2) is 20.3 Å². The lowest BCUT2D eigenvalue weighted by Gasteiger charge is -2.03. The number of nitrogens with one attached hydrogen (secondary N) is 1. The zero-order chi connectivity index (χ0) is 11.6. The van der Waals surface area contributed by atoms with Crippen molar-refractivity contribution in [2.24, 2.45) is 0 Å². The van der Waals surface area contributed by atoms with Gasteiger partial charge in [0.15, 0.2) is 0 Å². The van der Waals surface area contributed by atoms with Crippen LogP contribution in [0.3, 0.4) is 0 Å². The zero-order valence-electron chi connectivity index (χ0n) is 7.86. The first-order valence-electron chi connectivity index (χ1n) is 3.96. The highest BCUT2D eigenvalue weighted by atomic mass is 79.9. The van der Waals surface area contributed by atoms with Gasteiger partial charge < -0.3 is 0 Å². The Hall–Kier alpha value is -0.890. The topological polar surface area (TPSA) is 89.0 Å². The molecule has 1 aromatic rings. The summed E-state index contributed by atoms with van der Waals surface area (Å²) >= 11 is 2.95. The molecule has 0 bridgehead atoms. The summed E-state index contributed by atoms with van der Waals surface area (Å²) < 4.78 is 23.1. The quantitative estimate of drug-likeness (QED) is 0.802. The summed E-state index contributed by atoms with van der Waals surface area (Å²) in [6, 6.07) is 0. The first kappa shape index (κ1) is 12.2. The average Bonchev–Trinajstić information content (AvgIpc) is 2.07. The summed E-state index contributed by atoms with van der Waals surface area (Å²) in [5, 5.41) is 0. The van der Waals surface area contributed by atoms with Crippen LogP contribution in [0.1, 0.15) is 0 Å². The number of aryl methyl sites for hydroxylation is 1. The fourth-order valence-corrected chi connectivity index (χ4v) is 1.79. The van der Waals surface area contributed by atoms with Gasteiger partial charge >= 0.3 is 5.69 Å². The molecule has 0 fully saturated rings. The van der Waals surface area contributed by atoms with E-state index in [1.165, 1.54) is 6.20 Å². The Bertz CT molecular complexity index is 571. The first-order chi connectivity index (χ1) is 6.79. The molecule has 0 atom stereocenters. The normalized spacial score (nSPS) is 11.6. The van der Waals surface area contributed by atoms with E-state index in [9.17, 15) is 18.0 Å². The van der Waals surface area contributed by atoms with Crippen molar-refractivity contribution in [2.45, 2.75) is 6.54 Å². The minimum absolute atomic E-state index is 0.0209. The molecule has 1 aromatic heterocycles. The summed E-state index contributed by atoms with van der Waals surface area (Å²) in [4.78, 5) is 24.2. The van der Waals surface area contributed by atoms with Crippen molar-refractivity contribution >= 4 is 25.8 Å². The molecular formula is C7H9BrN2O4S. The Morgan fingerprint density at radius 1 is 1.47 bits per heavy atom. The molecule has 0 saturated heterocycles. The van der Waals surface area contributed by atoms with Crippen molar-refractivity contribution in [1.29, 1.82) is 0 Å². The molecule has 1 N–H and O–H groups in total. The maximum Gasteiger partial charge on any atom is 0.328 e. The van der Waals surface area contributed by atoms with Gasteiger partial charge in [-0.3, -0.25) is 14.3 Å². The van der Waals surface area contributed by atoms with E-state index in [2.05, 4.69) is 20.9 Å². The van der Waals surface area contributed by atoms with Crippen LogP contribution >= 0.6 is 15.9 Å². The molecule has 6 nitrogen and oxygen atoms in total. The molecule has 84 valence electrons. The summed E-state index contributed by atoms with van der Waals surface area (Å²) in [6.45, 7) is 0.0209. The Kier molecular flexibility index (Phi) is 3.50. The van der Waals surface area contributed by atoms with Gasteiger partial charge in [-0.15, -0.1) is 0 Å². The van der Waals surface area contributed by atoms with E-state index >= 15 is 0 Å². The predicted molar refractivity (Wildman–Crippen MR) is 58.7 cm³/mol. The lowest BCUT2D eigenvalue weighted by molar-refractivity contribution is 0.590. The Morgan fingerprint density at radius 2 is 2.07 bits per heavy atom. The average molecular weight is 297 g/mol. The second kappa shape index (κ2) is 4.31. The number of rotatable bonds is 3. The summed E-state index contributed by atoms with van der Waals surface area (Å²) in [6.07, 6.45) is 2.35. The van der Waals surface area contributed by atoms with Gasteiger partial charge in [-0.2, -0.15) is 0 Å². The minimum atomic E-state index is -3.13. The van der Waals surface area contributed by atoms with Gasteiger partial charge in [-0.1, -0.05) is 0 Å². The number of aromatic amines is 1. The highest BCUT2D eigenvalue weighted by Crippen LogP contribution is 1.98. The van der Waals surface area contributed by atoms with Crippen molar-refractivity contribution < 1.29 is 8.42 Å². The summed E-state index contributed by atoms with van der Waals surface area (Å²) in [7, 11) is -3.13. The monoisotopic (exact) mass is 296 g/mol. The molecule has 0 saturated carbocycles. The highest BCUT2D eigenvalue weighted by Gasteiger charge is 2.05. The van der Waals surface area contributed by atoms with Crippen LogP contribution in [0.2, 0.25) is 0 Å². The summed E-state index contributed by atoms with van der Waals surface area (Å²) in [5.74, 6) is -0.147. The van der Waals surface area contributed by atoms with E-state index in [4.69, 9.17) is 0 Å². The van der Waals surface area contributed by atoms with E-state index in [0.717, 1.165) is 10.8 Å². The van der Waals surface area contributed by atoms with Crippen molar-refractivity contribution in [3.05, 3.63) is 31.5 Å². The maximum absolute atomic E-state index is 11.2. The van der Waals surface area contributed by atoms with Crippen molar-refractivity contribution in [1.82, 2.24) is 9.55 Å². The van der Waals surface area contributed by atoms with E-state index in [0.29, 0.717) is 0 Å². The molecular weight excluding hydrogens is 288 g/mol. The predicted octanol–water partition coefficient (Wildman–Crippen LogP) is -0.656. The van der Waals surface area contributed by atoms with Crippen molar-refractivity contribution in [3.63, 3.8) is 0 Å². The third kappa shape index (κ3) is 3.63. The third-order valence-electron chi connectivity index (χ3n) is 1.67. The highest BCUT2D eigenvalue weighted by molar-refractivity contribution is 9.10. The van der Waals surface area contributed by atoms with Gasteiger partial charge in [-0.05, 0) is 15.9 Å². The molecule has 0 aliphatic heterocycles. The number of hydrogen-bond donors (Lipinski definition) is 1. The van der Waals surface area contributed by atoms with Crippen LogP contribution in [-0.2, 0) is 16.4 Å². The fourth-order valence-electron chi connectivity index (χ4n) is 0.913. The van der Waals surface area contributed by atoms with E-state index in [1.807, 2.05) is 0 Å². The van der Waals surface area contributed by atoms with Gasteiger partial charge in [0.2, 0.25) is 0 Å². The van der Waals surface area contributed by atoms with Gasteiger partial charge in [0.25, 0.3) is 5.56 Å². The van der Waals surface area contributed by atoms with Gasteiger partial charge in [0.05, 0.1) is 10.2 Å². The lowest BCUT2D eigenvalue weighted by atomic mass is 10.6. The van der Waals surface area contributed by atoms with Gasteiger partial charge in [0.1, 0.15) is 9.84 Å². The van der Waals surface area contributed by atoms with Crippen LogP contribution in [0.4, 0.5) is 0 Å². The minimum Gasteiger partial charge on any atom is -0.298 e. The standard InChI is InChI=1S/C7H9BrN2O4S/c1-15(13,14)3-2-10-4-5(8)6(11)9-7(10)12/h4H,2-3H2,1H3,(H,9,11,12). The van der Waals surface area contributed by atoms with E-state index in [-0.39, 0.29) is 16.8 Å². The second-order valence-electron chi connectivity index (χ2n) is 3.06. The smallest absolute Gasteiger partial charge is 0.298 e. The molecule has 0 amide bonds. The second-order valence-corrected chi connectivity index (χ2v) is 6.17. The number of hydrogen-bond acceptors (Lipinski definition) is 4. The van der Waals surface area contributed by atoms with Crippen molar-refractivity contribution in [3.8, 4) is 0 Å². The largest absolute Gasteiger partial charge is 0.328 e. The van der Waals surface area contributed by atoms with Crippen LogP contribution < -0.4 is 11.2 Å². The van der Waals surface area contributed by atoms with Crippen LogP contribution in [0.25, 0.3) is 0 Å². The Morgan fingerprint density at radius 3 is 2.60 bits per heavy atom. The molecule has 0 aromatic carbocycles. The van der Waals surface area contributed by atoms with Crippen LogP contribution in [-0.4, -0.2) is 30.0 Å². The molecule has 0 radical (unpaired) electrons. The molecule has 15 heavy (non-hydrogen) atoms. The SMILES string of the molecule is CS(=O)(=O)CCn1cc(Br)c(=O)[nH]c1=O. The molecule has 0 spiro atoms. The zero-order valence-corrected chi connectivity index (χ0v) is 10.3. The van der Waals surface area contributed by atoms with Gasteiger partial charge in [-0.25, -0.2) is 13.2 Å². The summed E-state index contributed by atoms with van der Waals surface area (Å²) in [5.41, 5.74) is -1.15. The van der Waals surface area contributed by atoms with E-state index in [1.54, 1.807) is 0 Å². The molecule has 0 aliphatic carbocycles. The van der Waals surface area contributed by atoms with Crippen LogP contribution in [0, 0.1) is 0 Å². The van der Waals surface area contributed by atoms with E-state index < -0.39 is 21.1 Å². The first-order valence-corrected chi connectivity index (χ1v) is 6.82. The number of aromatic nitrogens is 2. The number of nitrogens with zero attached hydrogens (tertiary/aromatic N) is 1.